The summed E-state index contributed by atoms with van der Waals surface area (Å²) in [5, 5.41) is 13.5. The van der Waals surface area contributed by atoms with Crippen LogP contribution in [0.2, 0.25) is 0 Å². The number of rotatable bonds is 30. The third-order valence-electron chi connectivity index (χ3n) is 8.25. The SMILES string of the molecule is CC(C)(N)C(=O)NC(CCCCN)C(=O)NC(CCCCN)C(=O)NC(CCCCN)C(=O)NC(CCCCN)C(=O)NC(CCCN)C(N)=O. The van der Waals surface area contributed by atoms with Crippen LogP contribution in [0.1, 0.15) is 104 Å². The first-order valence-electron chi connectivity index (χ1n) is 18.3. The molecule has 0 aromatic heterocycles. The number of nitrogens with two attached hydrogens (primary N) is 7. The Morgan fingerprint density at radius 1 is 0.431 bits per heavy atom. The van der Waals surface area contributed by atoms with Gasteiger partial charge in [-0.1, -0.05) is 0 Å². The summed E-state index contributed by atoms with van der Waals surface area (Å²) in [4.78, 5) is 79.1. The summed E-state index contributed by atoms with van der Waals surface area (Å²) < 4.78 is 0. The van der Waals surface area contributed by atoms with E-state index in [1.165, 1.54) is 13.8 Å². The predicted molar refractivity (Wildman–Crippen MR) is 197 cm³/mol. The molecule has 0 aromatic carbocycles. The molecule has 0 bridgehead atoms. The third kappa shape index (κ3) is 20.9. The maximum Gasteiger partial charge on any atom is 0.243 e. The lowest BCUT2D eigenvalue weighted by Gasteiger charge is -2.28. The van der Waals surface area contributed by atoms with E-state index in [2.05, 4.69) is 26.6 Å². The maximum atomic E-state index is 13.8. The molecule has 0 saturated carbocycles. The molecule has 6 amide bonds. The maximum absolute atomic E-state index is 13.8. The highest BCUT2D eigenvalue weighted by Gasteiger charge is 2.33. The average molecular weight is 729 g/mol. The number of carbonyl (C=O) groups is 6. The molecule has 5 unspecified atom stereocenters. The summed E-state index contributed by atoms with van der Waals surface area (Å²) >= 11 is 0. The van der Waals surface area contributed by atoms with Crippen LogP contribution in [0.3, 0.4) is 0 Å². The van der Waals surface area contributed by atoms with Crippen LogP contribution in [-0.2, 0) is 28.8 Å². The van der Waals surface area contributed by atoms with Crippen molar-refractivity contribution >= 4 is 35.4 Å². The summed E-state index contributed by atoms with van der Waals surface area (Å²) in [6.45, 7) is 4.83. The largest absolute Gasteiger partial charge is 0.368 e. The molecule has 18 heteroatoms. The van der Waals surface area contributed by atoms with Gasteiger partial charge in [0, 0.05) is 0 Å². The van der Waals surface area contributed by atoms with E-state index in [-0.39, 0.29) is 32.1 Å². The van der Waals surface area contributed by atoms with Crippen LogP contribution in [0.15, 0.2) is 0 Å². The predicted octanol–water partition coefficient (Wildman–Crippen LogP) is -3.11. The molecular weight excluding hydrogens is 660 g/mol. The molecule has 0 heterocycles. The number of nitrogens with one attached hydrogen (secondary N) is 5. The van der Waals surface area contributed by atoms with Gasteiger partial charge in [0.1, 0.15) is 30.2 Å². The van der Waals surface area contributed by atoms with Crippen molar-refractivity contribution in [2.75, 3.05) is 32.7 Å². The van der Waals surface area contributed by atoms with E-state index >= 15 is 0 Å². The van der Waals surface area contributed by atoms with E-state index in [1.54, 1.807) is 0 Å². The second-order valence-electron chi connectivity index (χ2n) is 13.5. The summed E-state index contributed by atoms with van der Waals surface area (Å²) in [7, 11) is 0. The zero-order valence-electron chi connectivity index (χ0n) is 30.8. The number of hydrogen-bond donors (Lipinski definition) is 12. The highest BCUT2D eigenvalue weighted by molar-refractivity contribution is 5.96. The van der Waals surface area contributed by atoms with E-state index in [4.69, 9.17) is 40.1 Å². The Bertz CT molecular complexity index is 1060. The number of carbonyl (C=O) groups excluding carboxylic acids is 6. The van der Waals surface area contributed by atoms with E-state index in [9.17, 15) is 28.8 Å². The first-order chi connectivity index (χ1) is 24.2. The first kappa shape index (κ1) is 47.6. The molecule has 19 N–H and O–H groups in total. The Morgan fingerprint density at radius 2 is 0.686 bits per heavy atom. The Hall–Kier alpha value is -3.42. The summed E-state index contributed by atoms with van der Waals surface area (Å²) in [5.74, 6) is -3.72. The Kier molecular flexibility index (Phi) is 25.4. The molecule has 0 aliphatic rings. The van der Waals surface area contributed by atoms with Gasteiger partial charge in [0.15, 0.2) is 0 Å². The van der Waals surface area contributed by atoms with Crippen LogP contribution >= 0.6 is 0 Å². The molecule has 0 spiro atoms. The second kappa shape index (κ2) is 27.3. The fourth-order valence-electron chi connectivity index (χ4n) is 5.09. The highest BCUT2D eigenvalue weighted by Crippen LogP contribution is 2.10. The van der Waals surface area contributed by atoms with Gasteiger partial charge in [0.05, 0.1) is 5.54 Å². The minimum absolute atomic E-state index is 0.194. The van der Waals surface area contributed by atoms with Gasteiger partial charge in [-0.3, -0.25) is 28.8 Å². The molecule has 0 aliphatic carbocycles. The van der Waals surface area contributed by atoms with Crippen LogP contribution in [-0.4, -0.2) is 104 Å². The number of amides is 6. The molecule has 0 rings (SSSR count). The minimum Gasteiger partial charge on any atom is -0.368 e. The minimum atomic E-state index is -1.25. The fourth-order valence-corrected chi connectivity index (χ4v) is 5.09. The van der Waals surface area contributed by atoms with E-state index in [1.807, 2.05) is 0 Å². The van der Waals surface area contributed by atoms with Gasteiger partial charge in [-0.2, -0.15) is 0 Å². The van der Waals surface area contributed by atoms with Crippen LogP contribution in [0.4, 0.5) is 0 Å². The molecule has 296 valence electrons. The van der Waals surface area contributed by atoms with Gasteiger partial charge in [-0.25, -0.2) is 0 Å². The second-order valence-corrected chi connectivity index (χ2v) is 13.5. The molecule has 0 fully saturated rings. The van der Waals surface area contributed by atoms with Crippen molar-refractivity contribution in [1.82, 2.24) is 26.6 Å². The zero-order chi connectivity index (χ0) is 38.8. The quantitative estimate of drug-likeness (QED) is 0.0327. The summed E-state index contributed by atoms with van der Waals surface area (Å²) in [6.07, 6.45) is 5.94. The van der Waals surface area contributed by atoms with Gasteiger partial charge in [-0.15, -0.1) is 0 Å². The van der Waals surface area contributed by atoms with Gasteiger partial charge in [0.25, 0.3) is 0 Å². The van der Waals surface area contributed by atoms with Crippen molar-refractivity contribution < 1.29 is 28.8 Å². The van der Waals surface area contributed by atoms with Crippen LogP contribution < -0.4 is 66.7 Å². The standard InChI is InChI=1S/C33H68N12O6/c1-33(2,40)32(51)45-26(15-6-10-20-37)31(50)44-25(14-5-9-19-36)30(49)43-24(13-4-8-18-35)29(48)42-23(12-3-7-17-34)28(47)41-22(27(39)46)16-11-21-38/h22-26H,3-21,34-38,40H2,1-2H3,(H2,39,46)(H,41,47)(H,42,48)(H,43,49)(H,44,50)(H,45,51). The van der Waals surface area contributed by atoms with Crippen molar-refractivity contribution in [2.45, 2.75) is 139 Å². The van der Waals surface area contributed by atoms with E-state index in [0.717, 1.165) is 0 Å². The topological polar surface area (TPSA) is 345 Å². The lowest BCUT2D eigenvalue weighted by atomic mass is 10.0. The molecule has 0 aliphatic heterocycles. The molecule has 5 atom stereocenters. The Morgan fingerprint density at radius 3 is 0.941 bits per heavy atom. The van der Waals surface area contributed by atoms with E-state index < -0.39 is 71.2 Å². The molecule has 18 nitrogen and oxygen atoms in total. The van der Waals surface area contributed by atoms with Crippen molar-refractivity contribution in [1.29, 1.82) is 0 Å². The highest BCUT2D eigenvalue weighted by atomic mass is 16.2. The van der Waals surface area contributed by atoms with Crippen molar-refractivity contribution in [3.63, 3.8) is 0 Å². The lowest BCUT2D eigenvalue weighted by Crippen LogP contribution is -2.60. The van der Waals surface area contributed by atoms with Gasteiger partial charge in [0.2, 0.25) is 35.4 Å². The number of primary amides is 1. The van der Waals surface area contributed by atoms with Gasteiger partial charge >= 0.3 is 0 Å². The monoisotopic (exact) mass is 729 g/mol. The van der Waals surface area contributed by atoms with Crippen molar-refractivity contribution in [2.24, 2.45) is 40.1 Å². The molecular formula is C33H68N12O6. The van der Waals surface area contributed by atoms with Crippen molar-refractivity contribution in [3.8, 4) is 0 Å². The first-order valence-corrected chi connectivity index (χ1v) is 18.3. The molecule has 0 saturated heterocycles. The average Bonchev–Trinajstić information content (AvgIpc) is 3.07. The lowest BCUT2D eigenvalue weighted by molar-refractivity contribution is -0.135. The summed E-state index contributed by atoms with van der Waals surface area (Å²) in [5.41, 5.74) is 38.4. The van der Waals surface area contributed by atoms with Crippen LogP contribution in [0.25, 0.3) is 0 Å². The van der Waals surface area contributed by atoms with Gasteiger partial charge in [-0.05, 0) is 136 Å². The molecule has 0 radical (unpaired) electrons. The summed E-state index contributed by atoms with van der Waals surface area (Å²) in [6, 6.07) is -5.18. The number of unbranched alkanes of at least 4 members (excludes halogenated alkanes) is 4. The molecule has 0 aromatic rings. The normalized spacial score (nSPS) is 14.4. The Balaban J connectivity index is 6.22. The zero-order valence-corrected chi connectivity index (χ0v) is 30.8. The fraction of sp³-hybridized carbons (Fsp3) is 0.818. The van der Waals surface area contributed by atoms with Gasteiger partial charge < -0.3 is 66.7 Å². The Labute approximate surface area is 303 Å². The van der Waals surface area contributed by atoms with E-state index in [0.29, 0.717) is 90.5 Å². The molecule has 51 heavy (non-hydrogen) atoms. The van der Waals surface area contributed by atoms with Crippen LogP contribution in [0.5, 0.6) is 0 Å². The third-order valence-corrected chi connectivity index (χ3v) is 8.25. The van der Waals surface area contributed by atoms with Crippen molar-refractivity contribution in [3.05, 3.63) is 0 Å². The van der Waals surface area contributed by atoms with Crippen LogP contribution in [0, 0.1) is 0 Å². The number of hydrogen-bond acceptors (Lipinski definition) is 12. The smallest absolute Gasteiger partial charge is 0.243 e.